The second kappa shape index (κ2) is 28.5. The first kappa shape index (κ1) is 43.3. The van der Waals surface area contributed by atoms with Gasteiger partial charge in [-0.3, -0.25) is 14.7 Å². The van der Waals surface area contributed by atoms with Crippen LogP contribution in [0.4, 0.5) is 0 Å². The van der Waals surface area contributed by atoms with Crippen molar-refractivity contribution in [2.45, 2.75) is 119 Å². The van der Waals surface area contributed by atoms with Crippen molar-refractivity contribution >= 4 is 28.5 Å². The average Bonchev–Trinajstić information content (AvgIpc) is 3.10. The zero-order chi connectivity index (χ0) is 34.6. The molecule has 0 spiro atoms. The molecule has 0 aliphatic carbocycles. The van der Waals surface area contributed by atoms with Crippen molar-refractivity contribution < 1.29 is 9.59 Å². The SMILES string of the molecule is CC.CC.CC/C=C\NC(=O)C(CCc1ccc(CN2CCCCC2)cc1)CC(C)=O.CCc1ccc(CCC(=NC)SC)cc1. The van der Waals surface area contributed by atoms with Crippen LogP contribution >= 0.6 is 11.8 Å². The molecule has 0 bridgehead atoms. The summed E-state index contributed by atoms with van der Waals surface area (Å²) < 4.78 is 0. The summed E-state index contributed by atoms with van der Waals surface area (Å²) in [6, 6.07) is 17.6. The Morgan fingerprint density at radius 1 is 0.870 bits per heavy atom. The molecule has 1 unspecified atom stereocenters. The molecule has 1 aliphatic heterocycles. The molecule has 258 valence electrons. The number of amides is 1. The molecule has 3 rings (SSSR count). The molecule has 0 saturated carbocycles. The number of Topliss-reactive ketones (excluding diaryl/α,β-unsaturated/α-hetero) is 1. The number of benzene rings is 2. The summed E-state index contributed by atoms with van der Waals surface area (Å²) in [5, 5.41) is 4.03. The van der Waals surface area contributed by atoms with Gasteiger partial charge in [0, 0.05) is 25.9 Å². The molecule has 5 nitrogen and oxygen atoms in total. The molecule has 1 amide bonds. The Labute approximate surface area is 287 Å². The molecule has 1 saturated heterocycles. The van der Waals surface area contributed by atoms with E-state index in [1.165, 1.54) is 59.6 Å². The molecule has 1 heterocycles. The number of hydrogen-bond acceptors (Lipinski definition) is 5. The Kier molecular flexibility index (Phi) is 26.8. The predicted molar refractivity (Wildman–Crippen MR) is 204 cm³/mol. The Hall–Kier alpha value is -2.70. The fraction of sp³-hybridized carbons (Fsp3) is 0.575. The molecule has 6 heteroatoms. The number of rotatable bonds is 14. The van der Waals surface area contributed by atoms with Crippen LogP contribution in [0.25, 0.3) is 0 Å². The maximum atomic E-state index is 12.3. The molecule has 1 atom stereocenters. The molecule has 0 radical (unpaired) electrons. The summed E-state index contributed by atoms with van der Waals surface area (Å²) in [7, 11) is 1.87. The Morgan fingerprint density at radius 2 is 1.41 bits per heavy atom. The number of likely N-dealkylation sites (tertiary alicyclic amines) is 1. The number of allylic oxidation sites excluding steroid dienone is 1. The highest BCUT2D eigenvalue weighted by atomic mass is 32.2. The van der Waals surface area contributed by atoms with E-state index in [1.54, 1.807) is 24.9 Å². The lowest BCUT2D eigenvalue weighted by Crippen LogP contribution is -2.29. The molecule has 2 aromatic rings. The van der Waals surface area contributed by atoms with Crippen LogP contribution in [-0.4, -0.2) is 48.0 Å². The van der Waals surface area contributed by atoms with Gasteiger partial charge in [-0.1, -0.05) is 103 Å². The summed E-state index contributed by atoms with van der Waals surface area (Å²) >= 11 is 1.75. The molecular formula is C40H65N3O2S. The van der Waals surface area contributed by atoms with Crippen LogP contribution < -0.4 is 5.32 Å². The summed E-state index contributed by atoms with van der Waals surface area (Å²) in [6.07, 6.45) is 15.6. The van der Waals surface area contributed by atoms with Crippen LogP contribution in [0, 0.1) is 5.92 Å². The smallest absolute Gasteiger partial charge is 0.227 e. The first-order valence-corrected chi connectivity index (χ1v) is 18.9. The van der Waals surface area contributed by atoms with Crippen LogP contribution in [0.5, 0.6) is 0 Å². The number of carbonyl (C=O) groups is 2. The number of hydrogen-bond donors (Lipinski definition) is 1. The van der Waals surface area contributed by atoms with Crippen LogP contribution in [0.15, 0.2) is 65.8 Å². The number of ketones is 1. The Bertz CT molecular complexity index is 1100. The van der Waals surface area contributed by atoms with Crippen molar-refractivity contribution in [2.24, 2.45) is 10.9 Å². The average molecular weight is 652 g/mol. The Balaban J connectivity index is 0.000000901. The van der Waals surface area contributed by atoms with Crippen LogP contribution in [0.1, 0.15) is 116 Å². The second-order valence-electron chi connectivity index (χ2n) is 11.1. The second-order valence-corrected chi connectivity index (χ2v) is 12.0. The molecule has 1 aliphatic rings. The van der Waals surface area contributed by atoms with Gasteiger partial charge in [-0.2, -0.15) is 0 Å². The fourth-order valence-electron chi connectivity index (χ4n) is 5.08. The highest BCUT2D eigenvalue weighted by Gasteiger charge is 2.19. The van der Waals surface area contributed by atoms with E-state index in [2.05, 4.69) is 76.9 Å². The summed E-state index contributed by atoms with van der Waals surface area (Å²) in [5.41, 5.74) is 5.39. The van der Waals surface area contributed by atoms with Gasteiger partial charge in [0.15, 0.2) is 0 Å². The predicted octanol–water partition coefficient (Wildman–Crippen LogP) is 9.87. The summed E-state index contributed by atoms with van der Waals surface area (Å²) in [5.74, 6) is -0.264. The number of piperidine rings is 1. The van der Waals surface area contributed by atoms with Gasteiger partial charge in [0.25, 0.3) is 0 Å². The van der Waals surface area contributed by atoms with Gasteiger partial charge in [-0.25, -0.2) is 0 Å². The summed E-state index contributed by atoms with van der Waals surface area (Å²) in [4.78, 5) is 30.6. The number of aryl methyl sites for hydroxylation is 3. The van der Waals surface area contributed by atoms with Gasteiger partial charge in [-0.05, 0) is 106 Å². The van der Waals surface area contributed by atoms with Crippen molar-refractivity contribution in [3.63, 3.8) is 0 Å². The highest BCUT2D eigenvalue weighted by molar-refractivity contribution is 8.13. The molecule has 1 fully saturated rings. The fourth-order valence-corrected chi connectivity index (χ4v) is 5.56. The monoisotopic (exact) mass is 651 g/mol. The maximum Gasteiger partial charge on any atom is 0.227 e. The van der Waals surface area contributed by atoms with Gasteiger partial charge in [0.05, 0.1) is 5.04 Å². The zero-order valence-electron chi connectivity index (χ0n) is 30.7. The topological polar surface area (TPSA) is 61.8 Å². The summed E-state index contributed by atoms with van der Waals surface area (Å²) in [6.45, 7) is 17.2. The van der Waals surface area contributed by atoms with E-state index in [1.807, 2.05) is 47.7 Å². The highest BCUT2D eigenvalue weighted by Crippen LogP contribution is 2.17. The quantitative estimate of drug-likeness (QED) is 0.163. The molecule has 1 N–H and O–H groups in total. The first-order valence-electron chi connectivity index (χ1n) is 17.7. The maximum absolute atomic E-state index is 12.3. The van der Waals surface area contributed by atoms with Crippen molar-refractivity contribution in [3.05, 3.63) is 83.1 Å². The molecule has 2 aromatic carbocycles. The van der Waals surface area contributed by atoms with Gasteiger partial charge in [-0.15, -0.1) is 11.8 Å². The zero-order valence-corrected chi connectivity index (χ0v) is 31.5. The van der Waals surface area contributed by atoms with E-state index in [-0.39, 0.29) is 17.6 Å². The van der Waals surface area contributed by atoms with Crippen LogP contribution in [0.3, 0.4) is 0 Å². The Morgan fingerprint density at radius 3 is 1.91 bits per heavy atom. The number of thioether (sulfide) groups is 1. The minimum atomic E-state index is -0.267. The third kappa shape index (κ3) is 19.7. The minimum absolute atomic E-state index is 0.0587. The lowest BCUT2D eigenvalue weighted by atomic mass is 9.93. The molecular weight excluding hydrogens is 587 g/mol. The number of aliphatic imine (C=N–C) groups is 1. The van der Waals surface area contributed by atoms with Crippen LogP contribution in [-0.2, 0) is 35.4 Å². The van der Waals surface area contributed by atoms with Crippen molar-refractivity contribution in [1.29, 1.82) is 0 Å². The van der Waals surface area contributed by atoms with Gasteiger partial charge in [0.2, 0.25) is 5.91 Å². The van der Waals surface area contributed by atoms with E-state index < -0.39 is 0 Å². The molecule has 46 heavy (non-hydrogen) atoms. The van der Waals surface area contributed by atoms with Crippen LogP contribution in [0.2, 0.25) is 0 Å². The lowest BCUT2D eigenvalue weighted by Gasteiger charge is -2.26. The van der Waals surface area contributed by atoms with Gasteiger partial charge < -0.3 is 10.1 Å². The van der Waals surface area contributed by atoms with E-state index >= 15 is 0 Å². The van der Waals surface area contributed by atoms with Gasteiger partial charge >= 0.3 is 0 Å². The van der Waals surface area contributed by atoms with E-state index in [4.69, 9.17) is 0 Å². The number of carbonyl (C=O) groups excluding carboxylic acids is 2. The van der Waals surface area contributed by atoms with E-state index in [9.17, 15) is 9.59 Å². The van der Waals surface area contributed by atoms with Gasteiger partial charge in [0.1, 0.15) is 5.78 Å². The lowest BCUT2D eigenvalue weighted by molar-refractivity contribution is -0.128. The van der Waals surface area contributed by atoms with E-state index in [0.29, 0.717) is 12.8 Å². The molecule has 0 aromatic heterocycles. The van der Waals surface area contributed by atoms with Crippen molar-refractivity contribution in [2.75, 3.05) is 26.4 Å². The third-order valence-electron chi connectivity index (χ3n) is 7.69. The number of nitrogens with one attached hydrogen (secondary N) is 1. The van der Waals surface area contributed by atoms with Crippen molar-refractivity contribution in [1.82, 2.24) is 10.2 Å². The largest absolute Gasteiger partial charge is 0.333 e. The number of nitrogens with zero attached hydrogens (tertiary/aromatic N) is 2. The first-order chi connectivity index (χ1) is 22.4. The minimum Gasteiger partial charge on any atom is -0.333 e. The van der Waals surface area contributed by atoms with Crippen molar-refractivity contribution in [3.8, 4) is 0 Å². The van der Waals surface area contributed by atoms with E-state index in [0.717, 1.165) is 38.6 Å². The standard InChI is InChI=1S/C23H34N2O2.C13H19NS.2C2H6/c1-3-4-14-24-23(27)22(17-19(2)26)13-12-20-8-10-21(11-9-20)18-25-15-6-5-7-16-25;1-4-11-5-7-12(8-6-11)9-10-13(14-2)15-3;2*1-2/h4,8-11,14,22H,3,5-7,12-13,15-18H2,1-2H3,(H,24,27);5-8H,4,9-10H2,1-3H3;2*1-2H3/b14-4-;;;. The third-order valence-corrected chi connectivity index (χ3v) is 8.54. The normalized spacial score (nSPS) is 13.7.